The molecule has 6 heteroatoms. The smallest absolute Gasteiger partial charge is 0.266 e. The van der Waals surface area contributed by atoms with Crippen LogP contribution in [-0.4, -0.2) is 25.5 Å². The van der Waals surface area contributed by atoms with Crippen LogP contribution in [0.2, 0.25) is 0 Å². The van der Waals surface area contributed by atoms with Crippen molar-refractivity contribution in [2.45, 2.75) is 13.3 Å². The summed E-state index contributed by atoms with van der Waals surface area (Å²) in [6.07, 6.45) is 0.495. The fourth-order valence-electron chi connectivity index (χ4n) is 1.48. The van der Waals surface area contributed by atoms with Crippen LogP contribution < -0.4 is 21.3 Å². The zero-order chi connectivity index (χ0) is 15.0. The Hall–Kier alpha value is -2.52. The summed E-state index contributed by atoms with van der Waals surface area (Å²) >= 11 is 0. The SMILES string of the molecule is COc1ccc(C#CCCNC(C)=O)c(C(=O)NN)c1. The zero-order valence-corrected chi connectivity index (χ0v) is 11.4. The molecule has 0 aliphatic heterocycles. The molecule has 106 valence electrons. The molecule has 0 radical (unpaired) electrons. The van der Waals surface area contributed by atoms with E-state index >= 15 is 0 Å². The largest absolute Gasteiger partial charge is 0.497 e. The minimum Gasteiger partial charge on any atom is -0.497 e. The first-order chi connectivity index (χ1) is 9.58. The van der Waals surface area contributed by atoms with Gasteiger partial charge in [0.2, 0.25) is 5.91 Å². The number of hydrogen-bond donors (Lipinski definition) is 3. The molecule has 0 heterocycles. The molecule has 0 aliphatic carbocycles. The third kappa shape index (κ3) is 4.63. The molecular weight excluding hydrogens is 258 g/mol. The highest BCUT2D eigenvalue weighted by molar-refractivity contribution is 5.96. The van der Waals surface area contributed by atoms with E-state index in [-0.39, 0.29) is 5.91 Å². The quantitative estimate of drug-likeness (QED) is 0.240. The number of ether oxygens (including phenoxy) is 1. The summed E-state index contributed by atoms with van der Waals surface area (Å²) in [6, 6.07) is 4.97. The summed E-state index contributed by atoms with van der Waals surface area (Å²) in [4.78, 5) is 22.4. The molecule has 1 aromatic rings. The maximum atomic E-state index is 11.7. The molecule has 0 saturated heterocycles. The molecule has 0 saturated carbocycles. The lowest BCUT2D eigenvalue weighted by molar-refractivity contribution is -0.118. The topological polar surface area (TPSA) is 93.4 Å². The van der Waals surface area contributed by atoms with Gasteiger partial charge in [0.1, 0.15) is 5.75 Å². The summed E-state index contributed by atoms with van der Waals surface area (Å²) in [7, 11) is 1.51. The number of carbonyl (C=O) groups is 2. The van der Waals surface area contributed by atoms with Crippen molar-refractivity contribution < 1.29 is 14.3 Å². The summed E-state index contributed by atoms with van der Waals surface area (Å²) < 4.78 is 5.06. The van der Waals surface area contributed by atoms with E-state index in [0.29, 0.717) is 29.8 Å². The van der Waals surface area contributed by atoms with Crippen molar-refractivity contribution in [3.63, 3.8) is 0 Å². The number of amides is 2. The van der Waals surface area contributed by atoms with Gasteiger partial charge in [0, 0.05) is 25.5 Å². The van der Waals surface area contributed by atoms with Crippen LogP contribution >= 0.6 is 0 Å². The second-order valence-electron chi connectivity index (χ2n) is 3.92. The second kappa shape index (κ2) is 7.81. The Morgan fingerprint density at radius 3 is 2.75 bits per heavy atom. The van der Waals surface area contributed by atoms with Crippen molar-refractivity contribution in [3.8, 4) is 17.6 Å². The Morgan fingerprint density at radius 1 is 1.40 bits per heavy atom. The first-order valence-corrected chi connectivity index (χ1v) is 6.00. The highest BCUT2D eigenvalue weighted by atomic mass is 16.5. The summed E-state index contributed by atoms with van der Waals surface area (Å²) in [5.41, 5.74) is 2.97. The highest BCUT2D eigenvalue weighted by Gasteiger charge is 2.10. The number of rotatable bonds is 4. The van der Waals surface area contributed by atoms with Gasteiger partial charge in [-0.3, -0.25) is 15.0 Å². The van der Waals surface area contributed by atoms with Gasteiger partial charge in [-0.1, -0.05) is 11.8 Å². The molecule has 1 rings (SSSR count). The van der Waals surface area contributed by atoms with Crippen LogP contribution in [0.1, 0.15) is 29.3 Å². The highest BCUT2D eigenvalue weighted by Crippen LogP contribution is 2.17. The molecule has 2 amide bonds. The van der Waals surface area contributed by atoms with Crippen molar-refractivity contribution in [1.29, 1.82) is 0 Å². The molecule has 0 unspecified atom stereocenters. The monoisotopic (exact) mass is 275 g/mol. The zero-order valence-electron chi connectivity index (χ0n) is 11.4. The Bertz CT molecular complexity index is 559. The molecule has 0 fully saturated rings. The average Bonchev–Trinajstić information content (AvgIpc) is 2.45. The summed E-state index contributed by atoms with van der Waals surface area (Å²) in [6.45, 7) is 1.91. The van der Waals surface area contributed by atoms with Gasteiger partial charge in [-0.25, -0.2) is 5.84 Å². The Kier molecular flexibility index (Phi) is 6.07. The van der Waals surface area contributed by atoms with Crippen LogP contribution in [0.3, 0.4) is 0 Å². The van der Waals surface area contributed by atoms with E-state index in [1.165, 1.54) is 14.0 Å². The molecule has 0 bridgehead atoms. The van der Waals surface area contributed by atoms with Crippen molar-refractivity contribution in [3.05, 3.63) is 29.3 Å². The van der Waals surface area contributed by atoms with Crippen LogP contribution in [-0.2, 0) is 4.79 Å². The standard InChI is InChI=1S/C14H17N3O3/c1-10(18)16-8-4-3-5-11-6-7-12(20-2)9-13(11)14(19)17-15/h6-7,9H,4,8,15H2,1-2H3,(H,16,18)(H,17,19). The summed E-state index contributed by atoms with van der Waals surface area (Å²) in [5, 5.41) is 2.64. The Morgan fingerprint density at radius 2 is 2.15 bits per heavy atom. The third-order valence-corrected chi connectivity index (χ3v) is 2.45. The second-order valence-corrected chi connectivity index (χ2v) is 3.92. The predicted molar refractivity (Wildman–Crippen MR) is 74.8 cm³/mol. The molecule has 0 atom stereocenters. The number of nitrogens with one attached hydrogen (secondary N) is 2. The van der Waals surface area contributed by atoms with E-state index in [0.717, 1.165) is 0 Å². The van der Waals surface area contributed by atoms with Gasteiger partial charge in [-0.05, 0) is 18.2 Å². The molecule has 20 heavy (non-hydrogen) atoms. The predicted octanol–water partition coefficient (Wildman–Crippen LogP) is 0.176. The Labute approximate surface area is 117 Å². The van der Waals surface area contributed by atoms with Crippen LogP contribution in [0.15, 0.2) is 18.2 Å². The van der Waals surface area contributed by atoms with Crippen molar-refractivity contribution in [2.75, 3.05) is 13.7 Å². The number of hydrazine groups is 1. The number of carbonyl (C=O) groups excluding carboxylic acids is 2. The van der Waals surface area contributed by atoms with Gasteiger partial charge >= 0.3 is 0 Å². The summed E-state index contributed by atoms with van der Waals surface area (Å²) in [5.74, 6) is 10.9. The maximum Gasteiger partial charge on any atom is 0.266 e. The molecule has 0 spiro atoms. The van der Waals surface area contributed by atoms with Crippen molar-refractivity contribution >= 4 is 11.8 Å². The molecule has 0 aromatic heterocycles. The molecule has 6 nitrogen and oxygen atoms in total. The van der Waals surface area contributed by atoms with Gasteiger partial charge in [0.15, 0.2) is 0 Å². The van der Waals surface area contributed by atoms with E-state index in [1.807, 2.05) is 0 Å². The maximum absolute atomic E-state index is 11.7. The fourth-order valence-corrected chi connectivity index (χ4v) is 1.48. The lowest BCUT2D eigenvalue weighted by Crippen LogP contribution is -2.30. The van der Waals surface area contributed by atoms with Crippen LogP contribution in [0.25, 0.3) is 0 Å². The van der Waals surface area contributed by atoms with E-state index in [1.54, 1.807) is 18.2 Å². The minimum absolute atomic E-state index is 0.0977. The number of methoxy groups -OCH3 is 1. The molecule has 0 aliphatic rings. The minimum atomic E-state index is -0.435. The number of benzene rings is 1. The van der Waals surface area contributed by atoms with Crippen LogP contribution in [0, 0.1) is 11.8 Å². The number of hydrogen-bond acceptors (Lipinski definition) is 4. The first-order valence-electron chi connectivity index (χ1n) is 6.00. The van der Waals surface area contributed by atoms with Gasteiger partial charge in [0.25, 0.3) is 5.91 Å². The van der Waals surface area contributed by atoms with Gasteiger partial charge in [0.05, 0.1) is 12.7 Å². The van der Waals surface area contributed by atoms with Gasteiger partial charge in [-0.15, -0.1) is 0 Å². The third-order valence-electron chi connectivity index (χ3n) is 2.45. The van der Waals surface area contributed by atoms with E-state index in [9.17, 15) is 9.59 Å². The van der Waals surface area contributed by atoms with E-state index in [4.69, 9.17) is 10.6 Å². The van der Waals surface area contributed by atoms with Crippen molar-refractivity contribution in [1.82, 2.24) is 10.7 Å². The Balaban J connectivity index is 2.86. The fraction of sp³-hybridized carbons (Fsp3) is 0.286. The average molecular weight is 275 g/mol. The normalized spacial score (nSPS) is 9.15. The van der Waals surface area contributed by atoms with E-state index in [2.05, 4.69) is 22.6 Å². The lowest BCUT2D eigenvalue weighted by atomic mass is 10.1. The number of nitrogen functional groups attached to an aromatic ring is 1. The molecular formula is C14H17N3O3. The van der Waals surface area contributed by atoms with Crippen LogP contribution in [0.5, 0.6) is 5.75 Å². The van der Waals surface area contributed by atoms with E-state index < -0.39 is 5.91 Å². The van der Waals surface area contributed by atoms with Crippen LogP contribution in [0.4, 0.5) is 0 Å². The van der Waals surface area contributed by atoms with Gasteiger partial charge < -0.3 is 10.1 Å². The van der Waals surface area contributed by atoms with Crippen molar-refractivity contribution in [2.24, 2.45) is 5.84 Å². The number of nitrogens with two attached hydrogens (primary N) is 1. The van der Waals surface area contributed by atoms with Gasteiger partial charge in [-0.2, -0.15) is 0 Å². The lowest BCUT2D eigenvalue weighted by Gasteiger charge is -2.06. The molecule has 1 aromatic carbocycles. The first kappa shape index (κ1) is 15.5. The molecule has 4 N–H and O–H groups in total.